The molecule has 1 atom stereocenters. The lowest BCUT2D eigenvalue weighted by Crippen LogP contribution is -2.31. The van der Waals surface area contributed by atoms with Gasteiger partial charge in [0.2, 0.25) is 15.9 Å². The van der Waals surface area contributed by atoms with E-state index in [0.717, 1.165) is 11.3 Å². The Hall–Kier alpha value is -2.42. The molecule has 0 aliphatic rings. The highest BCUT2D eigenvalue weighted by molar-refractivity contribution is 7.89. The average molecular weight is 420 g/mol. The standard InChI is InChI=1S/C21H29N3O4S/c1-5-24(6-2)29(26,27)20-13-7-17(8-14-20)16(3)22-15-21(25)23-18-9-11-19(28-4)12-10-18/h7-14,16,22H,5-6,15H2,1-4H3,(H,23,25)/t16-/m1/s1. The number of anilines is 1. The number of benzene rings is 2. The van der Waals surface area contributed by atoms with E-state index < -0.39 is 10.0 Å². The van der Waals surface area contributed by atoms with Gasteiger partial charge in [0.05, 0.1) is 18.6 Å². The molecule has 2 aromatic carbocycles. The molecule has 8 heteroatoms. The van der Waals surface area contributed by atoms with E-state index in [-0.39, 0.29) is 23.4 Å². The predicted molar refractivity (Wildman–Crippen MR) is 115 cm³/mol. The van der Waals surface area contributed by atoms with Gasteiger partial charge in [0.15, 0.2) is 0 Å². The van der Waals surface area contributed by atoms with Crippen molar-refractivity contribution in [3.05, 3.63) is 54.1 Å². The molecular formula is C21H29N3O4S. The van der Waals surface area contributed by atoms with Crippen molar-refractivity contribution >= 4 is 21.6 Å². The van der Waals surface area contributed by atoms with Crippen molar-refractivity contribution in [3.63, 3.8) is 0 Å². The van der Waals surface area contributed by atoms with Crippen LogP contribution in [0.3, 0.4) is 0 Å². The number of hydrogen-bond acceptors (Lipinski definition) is 5. The van der Waals surface area contributed by atoms with Crippen LogP contribution in [0.4, 0.5) is 5.69 Å². The van der Waals surface area contributed by atoms with Crippen LogP contribution in [0.25, 0.3) is 0 Å². The number of rotatable bonds is 10. The van der Waals surface area contributed by atoms with E-state index >= 15 is 0 Å². The van der Waals surface area contributed by atoms with Crippen LogP contribution in [-0.2, 0) is 14.8 Å². The Balaban J connectivity index is 1.93. The Kier molecular flexibility index (Phi) is 8.19. The summed E-state index contributed by atoms with van der Waals surface area (Å²) < 4.78 is 31.6. The number of methoxy groups -OCH3 is 1. The van der Waals surface area contributed by atoms with E-state index in [1.54, 1.807) is 55.6 Å². The van der Waals surface area contributed by atoms with Crippen molar-refractivity contribution < 1.29 is 17.9 Å². The zero-order valence-corrected chi connectivity index (χ0v) is 18.1. The quantitative estimate of drug-likeness (QED) is 0.618. The van der Waals surface area contributed by atoms with Crippen LogP contribution in [0.5, 0.6) is 5.75 Å². The third kappa shape index (κ3) is 6.03. The highest BCUT2D eigenvalue weighted by Crippen LogP contribution is 2.19. The highest BCUT2D eigenvalue weighted by Gasteiger charge is 2.21. The number of carbonyl (C=O) groups excluding carboxylic acids is 1. The van der Waals surface area contributed by atoms with Gasteiger partial charge in [-0.3, -0.25) is 4.79 Å². The number of amides is 1. The Bertz CT molecular complexity index is 893. The van der Waals surface area contributed by atoms with Crippen molar-refractivity contribution in [1.82, 2.24) is 9.62 Å². The molecule has 0 fully saturated rings. The largest absolute Gasteiger partial charge is 0.497 e. The van der Waals surface area contributed by atoms with Crippen molar-refractivity contribution in [1.29, 1.82) is 0 Å². The fraction of sp³-hybridized carbons (Fsp3) is 0.381. The molecule has 29 heavy (non-hydrogen) atoms. The molecule has 2 N–H and O–H groups in total. The molecule has 158 valence electrons. The smallest absolute Gasteiger partial charge is 0.243 e. The molecule has 2 rings (SSSR count). The summed E-state index contributed by atoms with van der Waals surface area (Å²) in [6.07, 6.45) is 0. The van der Waals surface area contributed by atoms with Crippen LogP contribution in [0.1, 0.15) is 32.4 Å². The van der Waals surface area contributed by atoms with Crippen LogP contribution in [0.15, 0.2) is 53.4 Å². The summed E-state index contributed by atoms with van der Waals surface area (Å²) in [5.41, 5.74) is 1.59. The molecule has 0 aromatic heterocycles. The third-order valence-corrected chi connectivity index (χ3v) is 6.73. The molecule has 0 aliphatic heterocycles. The SMILES string of the molecule is CCN(CC)S(=O)(=O)c1ccc([C@@H](C)NCC(=O)Nc2ccc(OC)cc2)cc1. The normalized spacial score (nSPS) is 12.6. The van der Waals surface area contributed by atoms with Crippen LogP contribution in [0.2, 0.25) is 0 Å². The topological polar surface area (TPSA) is 87.7 Å². The minimum absolute atomic E-state index is 0.109. The first kappa shape index (κ1) is 22.9. The van der Waals surface area contributed by atoms with Crippen LogP contribution in [0, 0.1) is 0 Å². The molecule has 0 radical (unpaired) electrons. The lowest BCUT2D eigenvalue weighted by Gasteiger charge is -2.19. The minimum atomic E-state index is -3.47. The van der Waals surface area contributed by atoms with E-state index in [9.17, 15) is 13.2 Å². The number of ether oxygens (including phenoxy) is 1. The molecule has 0 saturated heterocycles. The Morgan fingerprint density at radius 1 is 1.03 bits per heavy atom. The van der Waals surface area contributed by atoms with Gasteiger partial charge in [0, 0.05) is 24.8 Å². The summed E-state index contributed by atoms with van der Waals surface area (Å²) in [4.78, 5) is 12.4. The summed E-state index contributed by atoms with van der Waals surface area (Å²) in [6, 6.07) is 13.8. The second-order valence-corrected chi connectivity index (χ2v) is 8.48. The maximum atomic E-state index is 12.6. The third-order valence-electron chi connectivity index (χ3n) is 4.67. The summed E-state index contributed by atoms with van der Waals surface area (Å²) in [7, 11) is -1.88. The van der Waals surface area contributed by atoms with Gasteiger partial charge >= 0.3 is 0 Å². The average Bonchev–Trinajstić information content (AvgIpc) is 2.73. The Morgan fingerprint density at radius 2 is 1.62 bits per heavy atom. The van der Waals surface area contributed by atoms with Gasteiger partial charge in [-0.1, -0.05) is 26.0 Å². The summed E-state index contributed by atoms with van der Waals surface area (Å²) in [6.45, 7) is 6.56. The van der Waals surface area contributed by atoms with Crippen molar-refractivity contribution in [2.75, 3.05) is 32.1 Å². The van der Waals surface area contributed by atoms with Gasteiger partial charge in [-0.05, 0) is 48.9 Å². The van der Waals surface area contributed by atoms with Crippen molar-refractivity contribution in [2.45, 2.75) is 31.7 Å². The van der Waals surface area contributed by atoms with E-state index in [4.69, 9.17) is 4.74 Å². The van der Waals surface area contributed by atoms with Crippen LogP contribution in [-0.4, -0.2) is 45.4 Å². The lowest BCUT2D eigenvalue weighted by atomic mass is 10.1. The summed E-state index contributed by atoms with van der Waals surface area (Å²) in [5.74, 6) is 0.559. The van der Waals surface area contributed by atoms with Crippen molar-refractivity contribution in [2.24, 2.45) is 0 Å². The van der Waals surface area contributed by atoms with E-state index in [2.05, 4.69) is 10.6 Å². The molecule has 0 bridgehead atoms. The van der Waals surface area contributed by atoms with E-state index in [1.165, 1.54) is 4.31 Å². The maximum Gasteiger partial charge on any atom is 0.243 e. The van der Waals surface area contributed by atoms with Gasteiger partial charge < -0.3 is 15.4 Å². The van der Waals surface area contributed by atoms with Gasteiger partial charge in [-0.2, -0.15) is 4.31 Å². The van der Waals surface area contributed by atoms with E-state index in [0.29, 0.717) is 18.8 Å². The monoisotopic (exact) mass is 419 g/mol. The molecule has 0 saturated carbocycles. The fourth-order valence-electron chi connectivity index (χ4n) is 2.88. The molecular weight excluding hydrogens is 390 g/mol. The molecule has 1 amide bonds. The fourth-order valence-corrected chi connectivity index (χ4v) is 4.34. The molecule has 2 aromatic rings. The first-order valence-electron chi connectivity index (χ1n) is 9.59. The zero-order chi connectivity index (χ0) is 21.4. The van der Waals surface area contributed by atoms with Crippen LogP contribution < -0.4 is 15.4 Å². The van der Waals surface area contributed by atoms with Gasteiger partial charge in [-0.25, -0.2) is 8.42 Å². The lowest BCUT2D eigenvalue weighted by molar-refractivity contribution is -0.115. The van der Waals surface area contributed by atoms with Gasteiger partial charge in [-0.15, -0.1) is 0 Å². The van der Waals surface area contributed by atoms with Crippen molar-refractivity contribution in [3.8, 4) is 5.75 Å². The maximum absolute atomic E-state index is 12.6. The van der Waals surface area contributed by atoms with Gasteiger partial charge in [0.25, 0.3) is 0 Å². The summed E-state index contributed by atoms with van der Waals surface area (Å²) in [5, 5.41) is 5.96. The number of nitrogens with one attached hydrogen (secondary N) is 2. The molecule has 7 nitrogen and oxygen atoms in total. The Morgan fingerprint density at radius 3 is 2.14 bits per heavy atom. The second kappa shape index (κ2) is 10.4. The van der Waals surface area contributed by atoms with E-state index in [1.807, 2.05) is 20.8 Å². The highest BCUT2D eigenvalue weighted by atomic mass is 32.2. The number of sulfonamides is 1. The molecule has 0 heterocycles. The minimum Gasteiger partial charge on any atom is -0.497 e. The molecule has 0 aliphatic carbocycles. The first-order chi connectivity index (χ1) is 13.8. The molecule has 0 spiro atoms. The summed E-state index contributed by atoms with van der Waals surface area (Å²) >= 11 is 0. The predicted octanol–water partition coefficient (Wildman–Crippen LogP) is 3.02. The number of nitrogens with zero attached hydrogens (tertiary/aromatic N) is 1. The Labute approximate surface area is 173 Å². The van der Waals surface area contributed by atoms with Gasteiger partial charge in [0.1, 0.15) is 5.75 Å². The first-order valence-corrected chi connectivity index (χ1v) is 11.0. The number of hydrogen-bond donors (Lipinski definition) is 2. The second-order valence-electron chi connectivity index (χ2n) is 6.54. The molecule has 0 unspecified atom stereocenters. The zero-order valence-electron chi connectivity index (χ0n) is 17.3. The number of carbonyl (C=O) groups is 1. The van der Waals surface area contributed by atoms with Crippen LogP contribution >= 0.6 is 0 Å².